The van der Waals surface area contributed by atoms with Crippen LogP contribution in [0.15, 0.2) is 18.2 Å². The maximum atomic E-state index is 11.5. The van der Waals surface area contributed by atoms with Crippen LogP contribution in [0.1, 0.15) is 19.4 Å². The van der Waals surface area contributed by atoms with Gasteiger partial charge in [0.2, 0.25) is 0 Å². The van der Waals surface area contributed by atoms with Gasteiger partial charge in [0.1, 0.15) is 5.75 Å². The van der Waals surface area contributed by atoms with E-state index in [4.69, 9.17) is 9.47 Å². The van der Waals surface area contributed by atoms with E-state index in [1.165, 1.54) is 0 Å². The van der Waals surface area contributed by atoms with Crippen LogP contribution >= 0.6 is 0 Å². The molecule has 4 heteroatoms. The molecule has 0 spiro atoms. The molecular weight excluding hydrogens is 230 g/mol. The van der Waals surface area contributed by atoms with E-state index >= 15 is 0 Å². The van der Waals surface area contributed by atoms with E-state index in [0.717, 1.165) is 11.3 Å². The summed E-state index contributed by atoms with van der Waals surface area (Å²) >= 11 is 0. The second-order valence-corrected chi connectivity index (χ2v) is 4.31. The summed E-state index contributed by atoms with van der Waals surface area (Å²) in [7, 11) is 3.95. The fourth-order valence-electron chi connectivity index (χ4n) is 1.71. The van der Waals surface area contributed by atoms with E-state index < -0.39 is 6.10 Å². The Morgan fingerprint density at radius 2 is 2.06 bits per heavy atom. The minimum atomic E-state index is -0.596. The van der Waals surface area contributed by atoms with Crippen LogP contribution in [-0.4, -0.2) is 32.8 Å². The van der Waals surface area contributed by atoms with Crippen molar-refractivity contribution < 1.29 is 14.3 Å². The lowest BCUT2D eigenvalue weighted by Crippen LogP contribution is -2.26. The van der Waals surface area contributed by atoms with Crippen molar-refractivity contribution in [3.05, 3.63) is 23.8 Å². The van der Waals surface area contributed by atoms with Crippen molar-refractivity contribution in [2.24, 2.45) is 0 Å². The van der Waals surface area contributed by atoms with Crippen LogP contribution in [-0.2, 0) is 9.53 Å². The van der Waals surface area contributed by atoms with E-state index in [0.29, 0.717) is 12.4 Å². The quantitative estimate of drug-likeness (QED) is 0.753. The minimum Gasteiger partial charge on any atom is -0.479 e. The van der Waals surface area contributed by atoms with Gasteiger partial charge in [-0.15, -0.1) is 0 Å². The van der Waals surface area contributed by atoms with Gasteiger partial charge >= 0.3 is 5.97 Å². The number of nitrogens with zero attached hydrogens (tertiary/aromatic N) is 1. The number of hydrogen-bond acceptors (Lipinski definition) is 4. The first kappa shape index (κ1) is 14.4. The van der Waals surface area contributed by atoms with Gasteiger partial charge in [-0.1, -0.05) is 6.07 Å². The van der Waals surface area contributed by atoms with Crippen LogP contribution < -0.4 is 9.64 Å². The fraction of sp³-hybridized carbons (Fsp3) is 0.500. The Balaban J connectivity index is 2.85. The Morgan fingerprint density at radius 1 is 1.39 bits per heavy atom. The number of ether oxygens (including phenoxy) is 2. The number of carbonyl (C=O) groups is 1. The zero-order valence-electron chi connectivity index (χ0n) is 11.7. The summed E-state index contributed by atoms with van der Waals surface area (Å²) in [5.41, 5.74) is 2.09. The standard InChI is InChI=1S/C14H21NO3/c1-6-17-14(16)11(3)18-13-9-7-8-12(10(13)2)15(4)5/h7-9,11H,6H2,1-5H3/t11-/m0/s1. The first-order chi connectivity index (χ1) is 8.47. The zero-order chi connectivity index (χ0) is 13.7. The summed E-state index contributed by atoms with van der Waals surface area (Å²) in [5, 5.41) is 0. The molecule has 1 aromatic carbocycles. The number of benzene rings is 1. The van der Waals surface area contributed by atoms with Crippen LogP contribution in [0.5, 0.6) is 5.75 Å². The lowest BCUT2D eigenvalue weighted by Gasteiger charge is -2.20. The molecule has 0 bridgehead atoms. The number of carbonyl (C=O) groups excluding carboxylic acids is 1. The molecule has 0 saturated carbocycles. The smallest absolute Gasteiger partial charge is 0.347 e. The Morgan fingerprint density at radius 3 is 2.61 bits per heavy atom. The van der Waals surface area contributed by atoms with Crippen molar-refractivity contribution in [1.82, 2.24) is 0 Å². The predicted octanol–water partition coefficient (Wildman–Crippen LogP) is 2.39. The van der Waals surface area contributed by atoms with Gasteiger partial charge in [-0.2, -0.15) is 0 Å². The van der Waals surface area contributed by atoms with Crippen molar-refractivity contribution in [2.75, 3.05) is 25.6 Å². The molecule has 0 radical (unpaired) electrons. The Bertz CT molecular complexity index is 416. The monoisotopic (exact) mass is 251 g/mol. The normalized spacial score (nSPS) is 11.8. The van der Waals surface area contributed by atoms with E-state index in [1.54, 1.807) is 13.8 Å². The molecule has 0 unspecified atom stereocenters. The average Bonchev–Trinajstić information content (AvgIpc) is 2.31. The van der Waals surface area contributed by atoms with E-state index in [2.05, 4.69) is 0 Å². The number of anilines is 1. The topological polar surface area (TPSA) is 38.8 Å². The van der Waals surface area contributed by atoms with E-state index in [1.807, 2.05) is 44.1 Å². The van der Waals surface area contributed by atoms with Gasteiger partial charge in [0.25, 0.3) is 0 Å². The van der Waals surface area contributed by atoms with E-state index in [-0.39, 0.29) is 5.97 Å². The molecule has 0 N–H and O–H groups in total. The van der Waals surface area contributed by atoms with Crippen molar-refractivity contribution in [3.8, 4) is 5.75 Å². The highest BCUT2D eigenvalue weighted by molar-refractivity contribution is 5.74. The molecular formula is C14H21NO3. The predicted molar refractivity (Wildman–Crippen MR) is 72.2 cm³/mol. The highest BCUT2D eigenvalue weighted by atomic mass is 16.6. The molecule has 0 saturated heterocycles. The third-order valence-electron chi connectivity index (χ3n) is 2.66. The second kappa shape index (κ2) is 6.28. The third-order valence-corrected chi connectivity index (χ3v) is 2.66. The lowest BCUT2D eigenvalue weighted by molar-refractivity contribution is -0.150. The van der Waals surface area contributed by atoms with Crippen LogP contribution in [0, 0.1) is 6.92 Å². The molecule has 0 amide bonds. The molecule has 0 aliphatic carbocycles. The van der Waals surface area contributed by atoms with Crippen LogP contribution in [0.25, 0.3) is 0 Å². The zero-order valence-corrected chi connectivity index (χ0v) is 11.7. The highest BCUT2D eigenvalue weighted by Crippen LogP contribution is 2.27. The summed E-state index contributed by atoms with van der Waals surface area (Å²) in [6.07, 6.45) is -0.596. The van der Waals surface area contributed by atoms with Crippen LogP contribution in [0.2, 0.25) is 0 Å². The first-order valence-electron chi connectivity index (χ1n) is 6.07. The molecule has 4 nitrogen and oxygen atoms in total. The molecule has 18 heavy (non-hydrogen) atoms. The number of hydrogen-bond donors (Lipinski definition) is 0. The van der Waals surface area contributed by atoms with Crippen LogP contribution in [0.4, 0.5) is 5.69 Å². The molecule has 1 atom stereocenters. The van der Waals surface area contributed by atoms with Gasteiger partial charge in [0, 0.05) is 25.3 Å². The highest BCUT2D eigenvalue weighted by Gasteiger charge is 2.17. The molecule has 0 aliphatic heterocycles. The summed E-state index contributed by atoms with van der Waals surface area (Å²) in [4.78, 5) is 13.5. The van der Waals surface area contributed by atoms with Gasteiger partial charge < -0.3 is 14.4 Å². The molecule has 1 aromatic rings. The van der Waals surface area contributed by atoms with Crippen molar-refractivity contribution in [3.63, 3.8) is 0 Å². The van der Waals surface area contributed by atoms with E-state index in [9.17, 15) is 4.79 Å². The maximum absolute atomic E-state index is 11.5. The van der Waals surface area contributed by atoms with Crippen molar-refractivity contribution >= 4 is 11.7 Å². The molecule has 0 aliphatic rings. The molecule has 0 heterocycles. The summed E-state index contributed by atoms with van der Waals surface area (Å²) in [6.45, 7) is 5.81. The average molecular weight is 251 g/mol. The Hall–Kier alpha value is -1.71. The third kappa shape index (κ3) is 3.39. The van der Waals surface area contributed by atoms with Gasteiger partial charge in [0.05, 0.1) is 6.61 Å². The fourth-order valence-corrected chi connectivity index (χ4v) is 1.71. The second-order valence-electron chi connectivity index (χ2n) is 4.31. The summed E-state index contributed by atoms with van der Waals surface area (Å²) < 4.78 is 10.6. The molecule has 0 aromatic heterocycles. The molecule has 1 rings (SSSR count). The van der Waals surface area contributed by atoms with Gasteiger partial charge in [-0.25, -0.2) is 4.79 Å². The molecule has 100 valence electrons. The minimum absolute atomic E-state index is 0.341. The largest absolute Gasteiger partial charge is 0.479 e. The van der Waals surface area contributed by atoms with Gasteiger partial charge in [-0.05, 0) is 32.9 Å². The van der Waals surface area contributed by atoms with Crippen molar-refractivity contribution in [2.45, 2.75) is 26.9 Å². The van der Waals surface area contributed by atoms with Crippen LogP contribution in [0.3, 0.4) is 0 Å². The SMILES string of the molecule is CCOC(=O)[C@H](C)Oc1cccc(N(C)C)c1C. The lowest BCUT2D eigenvalue weighted by atomic mass is 10.1. The Kier molecular flexibility index (Phi) is 5.01. The Labute approximate surface area is 108 Å². The van der Waals surface area contributed by atoms with Gasteiger partial charge in [0.15, 0.2) is 6.10 Å². The van der Waals surface area contributed by atoms with Crippen molar-refractivity contribution in [1.29, 1.82) is 0 Å². The summed E-state index contributed by atoms with van der Waals surface area (Å²) in [5.74, 6) is 0.369. The first-order valence-corrected chi connectivity index (χ1v) is 6.07. The molecule has 0 fully saturated rings. The van der Waals surface area contributed by atoms with Gasteiger partial charge in [-0.3, -0.25) is 0 Å². The maximum Gasteiger partial charge on any atom is 0.347 e. The number of rotatable bonds is 5. The summed E-state index contributed by atoms with van der Waals surface area (Å²) in [6, 6.07) is 5.78. The number of esters is 1.